The highest BCUT2D eigenvalue weighted by atomic mass is 15.0. The van der Waals surface area contributed by atoms with Gasteiger partial charge in [-0.15, -0.1) is 0 Å². The van der Waals surface area contributed by atoms with Gasteiger partial charge in [-0.2, -0.15) is 0 Å². The summed E-state index contributed by atoms with van der Waals surface area (Å²) in [7, 11) is 0. The molecule has 0 aromatic heterocycles. The van der Waals surface area contributed by atoms with E-state index < -0.39 is 0 Å². The van der Waals surface area contributed by atoms with Crippen LogP contribution in [0.1, 0.15) is 38.3 Å². The van der Waals surface area contributed by atoms with Gasteiger partial charge in [0.15, 0.2) is 0 Å². The van der Waals surface area contributed by atoms with E-state index in [1.54, 1.807) is 0 Å². The van der Waals surface area contributed by atoms with Gasteiger partial charge in [0.05, 0.1) is 6.04 Å². The van der Waals surface area contributed by atoms with E-state index in [0.717, 1.165) is 6.04 Å². The summed E-state index contributed by atoms with van der Waals surface area (Å²) in [6, 6.07) is 12.2. The lowest BCUT2D eigenvalue weighted by atomic mass is 9.80. The number of hydrogen-bond acceptors (Lipinski definition) is 0. The first-order chi connectivity index (χ1) is 7.68. The Balaban J connectivity index is 2.24. The first-order valence-corrected chi connectivity index (χ1v) is 6.24. The van der Waals surface area contributed by atoms with Gasteiger partial charge in [0.25, 0.3) is 0 Å². The van der Waals surface area contributed by atoms with Gasteiger partial charge in [0.1, 0.15) is 6.04 Å². The monoisotopic (exact) mass is 216 g/mol. The Kier molecular flexibility index (Phi) is 3.45. The van der Waals surface area contributed by atoms with Gasteiger partial charge in [-0.1, -0.05) is 42.5 Å². The average Bonchev–Trinajstić information content (AvgIpc) is 2.29. The van der Waals surface area contributed by atoms with E-state index in [2.05, 4.69) is 56.1 Å². The smallest absolute Gasteiger partial charge is 0.118 e. The van der Waals surface area contributed by atoms with Crippen LogP contribution in [0, 0.1) is 5.92 Å². The lowest BCUT2D eigenvalue weighted by Crippen LogP contribution is -2.92. The van der Waals surface area contributed by atoms with Crippen LogP contribution in [0.25, 0.3) is 0 Å². The third kappa shape index (κ3) is 2.35. The van der Waals surface area contributed by atoms with Gasteiger partial charge in [-0.25, -0.2) is 0 Å². The number of quaternary nitrogens is 1. The second-order valence-corrected chi connectivity index (χ2v) is 5.14. The molecule has 0 bridgehead atoms. The second kappa shape index (κ2) is 4.84. The van der Waals surface area contributed by atoms with E-state index in [1.165, 1.54) is 24.0 Å². The highest BCUT2D eigenvalue weighted by Crippen LogP contribution is 2.31. The summed E-state index contributed by atoms with van der Waals surface area (Å²) in [5.41, 5.74) is 2.78. The first kappa shape index (κ1) is 11.4. The van der Waals surface area contributed by atoms with Crippen LogP contribution in [0.3, 0.4) is 0 Å². The third-order valence-corrected chi connectivity index (χ3v) is 3.72. The summed E-state index contributed by atoms with van der Waals surface area (Å²) >= 11 is 0. The van der Waals surface area contributed by atoms with Crippen molar-refractivity contribution in [2.45, 2.75) is 38.8 Å². The van der Waals surface area contributed by atoms with Crippen molar-refractivity contribution in [2.75, 3.05) is 0 Å². The molecule has 1 saturated heterocycles. The summed E-state index contributed by atoms with van der Waals surface area (Å²) < 4.78 is 0. The van der Waals surface area contributed by atoms with E-state index in [1.807, 2.05) is 0 Å². The summed E-state index contributed by atoms with van der Waals surface area (Å²) in [6.45, 7) is 8.65. The minimum absolute atomic E-state index is 0.572. The Morgan fingerprint density at radius 3 is 2.56 bits per heavy atom. The maximum Gasteiger partial charge on any atom is 0.118 e. The molecule has 1 aromatic carbocycles. The minimum atomic E-state index is 0.572. The van der Waals surface area contributed by atoms with Crippen LogP contribution >= 0.6 is 0 Å². The molecule has 0 radical (unpaired) electrons. The Morgan fingerprint density at radius 2 is 1.94 bits per heavy atom. The van der Waals surface area contributed by atoms with Crippen molar-refractivity contribution in [1.82, 2.24) is 0 Å². The first-order valence-electron chi connectivity index (χ1n) is 6.24. The third-order valence-electron chi connectivity index (χ3n) is 3.72. The molecule has 0 aliphatic carbocycles. The molecule has 86 valence electrons. The van der Waals surface area contributed by atoms with Crippen LogP contribution in [0.2, 0.25) is 0 Å². The highest BCUT2D eigenvalue weighted by Gasteiger charge is 2.32. The van der Waals surface area contributed by atoms with Crippen molar-refractivity contribution >= 4 is 0 Å². The van der Waals surface area contributed by atoms with Gasteiger partial charge >= 0.3 is 0 Å². The van der Waals surface area contributed by atoms with Gasteiger partial charge < -0.3 is 5.32 Å². The van der Waals surface area contributed by atoms with Gasteiger partial charge in [-0.3, -0.25) is 0 Å². The number of rotatable bonds is 2. The molecule has 1 heteroatoms. The largest absolute Gasteiger partial charge is 0.337 e. The summed E-state index contributed by atoms with van der Waals surface area (Å²) in [4.78, 5) is 0. The topological polar surface area (TPSA) is 16.6 Å². The van der Waals surface area contributed by atoms with Crippen LogP contribution in [-0.4, -0.2) is 6.04 Å². The van der Waals surface area contributed by atoms with Crippen molar-refractivity contribution in [3.05, 3.63) is 48.0 Å². The molecule has 2 N–H and O–H groups in total. The Morgan fingerprint density at radius 1 is 1.25 bits per heavy atom. The fraction of sp³-hybridized carbons (Fsp3) is 0.467. The van der Waals surface area contributed by atoms with Crippen LogP contribution in [0.5, 0.6) is 0 Å². The molecule has 16 heavy (non-hydrogen) atoms. The Labute approximate surface area is 98.6 Å². The zero-order valence-corrected chi connectivity index (χ0v) is 10.3. The van der Waals surface area contributed by atoms with Gasteiger partial charge in [-0.05, 0) is 26.7 Å². The fourth-order valence-corrected chi connectivity index (χ4v) is 2.78. The molecule has 1 aromatic rings. The number of hydrogen-bond donors (Lipinski definition) is 1. The normalized spacial score (nSPS) is 30.0. The van der Waals surface area contributed by atoms with Gasteiger partial charge in [0.2, 0.25) is 0 Å². The van der Waals surface area contributed by atoms with Crippen molar-refractivity contribution in [3.63, 3.8) is 0 Å². The number of benzene rings is 1. The molecule has 0 amide bonds. The van der Waals surface area contributed by atoms with Crippen LogP contribution in [0.4, 0.5) is 0 Å². The van der Waals surface area contributed by atoms with E-state index in [9.17, 15) is 0 Å². The number of piperidine rings is 1. The predicted molar refractivity (Wildman–Crippen MR) is 68.1 cm³/mol. The number of nitrogens with two attached hydrogens (primary N) is 1. The molecule has 1 fully saturated rings. The predicted octanol–water partition coefficient (Wildman–Crippen LogP) is 2.67. The minimum Gasteiger partial charge on any atom is -0.337 e. The molecule has 0 saturated carbocycles. The summed E-state index contributed by atoms with van der Waals surface area (Å²) in [5, 5.41) is 2.51. The highest BCUT2D eigenvalue weighted by molar-refractivity contribution is 5.20. The lowest BCUT2D eigenvalue weighted by Gasteiger charge is -2.33. The molecule has 1 aliphatic heterocycles. The molecule has 0 spiro atoms. The molecule has 1 heterocycles. The summed E-state index contributed by atoms with van der Waals surface area (Å²) in [6.07, 6.45) is 2.59. The van der Waals surface area contributed by atoms with Crippen LogP contribution in [-0.2, 0) is 0 Å². The SMILES string of the molecule is C=C(C)[C@@H]1CC[C@@H](C)[NH2+][C@@H]1c1ccccc1. The van der Waals surface area contributed by atoms with E-state index in [0.29, 0.717) is 12.0 Å². The standard InChI is InChI=1S/C15H21N/c1-11(2)14-10-9-12(3)16-15(14)13-7-5-4-6-8-13/h4-8,12,14-16H,1,9-10H2,2-3H3/p+1/t12-,14+,15-/m1/s1. The molecule has 3 atom stereocenters. The molecule has 1 nitrogen and oxygen atoms in total. The quantitative estimate of drug-likeness (QED) is 0.732. The zero-order chi connectivity index (χ0) is 11.5. The second-order valence-electron chi connectivity index (χ2n) is 5.14. The van der Waals surface area contributed by atoms with E-state index in [-0.39, 0.29) is 0 Å². The molecule has 1 aliphatic rings. The Bertz CT molecular complexity index is 355. The van der Waals surface area contributed by atoms with Crippen molar-refractivity contribution in [2.24, 2.45) is 5.92 Å². The maximum absolute atomic E-state index is 4.16. The zero-order valence-electron chi connectivity index (χ0n) is 10.3. The maximum atomic E-state index is 4.16. The molecular weight excluding hydrogens is 194 g/mol. The molecular formula is C15H22N+. The van der Waals surface area contributed by atoms with E-state index >= 15 is 0 Å². The Hall–Kier alpha value is -1.08. The van der Waals surface area contributed by atoms with Crippen molar-refractivity contribution < 1.29 is 5.32 Å². The van der Waals surface area contributed by atoms with Gasteiger partial charge in [0, 0.05) is 11.5 Å². The summed E-state index contributed by atoms with van der Waals surface area (Å²) in [5.74, 6) is 0.638. The fourth-order valence-electron chi connectivity index (χ4n) is 2.78. The van der Waals surface area contributed by atoms with E-state index in [4.69, 9.17) is 0 Å². The van der Waals surface area contributed by atoms with Crippen molar-refractivity contribution in [1.29, 1.82) is 0 Å². The molecule has 2 rings (SSSR count). The average molecular weight is 216 g/mol. The van der Waals surface area contributed by atoms with Crippen LogP contribution in [0.15, 0.2) is 42.5 Å². The lowest BCUT2D eigenvalue weighted by molar-refractivity contribution is -0.739. The van der Waals surface area contributed by atoms with Crippen LogP contribution < -0.4 is 5.32 Å². The van der Waals surface area contributed by atoms with Crippen molar-refractivity contribution in [3.8, 4) is 0 Å². The molecule has 0 unspecified atom stereocenters.